The van der Waals surface area contributed by atoms with Crippen LogP contribution in [0.25, 0.3) is 34.3 Å². The SMILES string of the molecule is CCOc1ccc(-n2c(-c3ccccc3)cc(/C=C(\C#N)C(=O)Nc3cccc(OCC)c3)c2-c2ccccc2)cc1. The second kappa shape index (κ2) is 13.2. The van der Waals surface area contributed by atoms with Crippen LogP contribution in [0.1, 0.15) is 19.4 Å². The van der Waals surface area contributed by atoms with Gasteiger partial charge in [0.1, 0.15) is 23.1 Å². The summed E-state index contributed by atoms with van der Waals surface area (Å²) in [5.74, 6) is 0.928. The Balaban J connectivity index is 1.66. The number of nitrogens with one attached hydrogen (secondary N) is 1. The van der Waals surface area contributed by atoms with Crippen LogP contribution in [-0.2, 0) is 4.79 Å². The molecule has 6 nitrogen and oxygen atoms in total. The second-order valence-corrected chi connectivity index (χ2v) is 9.41. The molecule has 0 atom stereocenters. The van der Waals surface area contributed by atoms with E-state index in [1.165, 1.54) is 0 Å². The molecule has 208 valence electrons. The zero-order valence-electron chi connectivity index (χ0n) is 23.6. The van der Waals surface area contributed by atoms with E-state index >= 15 is 0 Å². The minimum Gasteiger partial charge on any atom is -0.494 e. The Bertz CT molecular complexity index is 1730. The zero-order chi connectivity index (χ0) is 29.3. The third-order valence-electron chi connectivity index (χ3n) is 6.62. The highest BCUT2D eigenvalue weighted by Gasteiger charge is 2.20. The molecule has 0 spiro atoms. The number of carbonyl (C=O) groups excluding carboxylic acids is 1. The van der Waals surface area contributed by atoms with Gasteiger partial charge in [0.15, 0.2) is 0 Å². The molecule has 0 bridgehead atoms. The summed E-state index contributed by atoms with van der Waals surface area (Å²) >= 11 is 0. The van der Waals surface area contributed by atoms with E-state index in [-0.39, 0.29) is 5.57 Å². The molecule has 1 aromatic heterocycles. The number of hydrogen-bond donors (Lipinski definition) is 1. The normalized spacial score (nSPS) is 11.0. The molecule has 0 saturated heterocycles. The topological polar surface area (TPSA) is 76.3 Å². The molecule has 0 unspecified atom stereocenters. The van der Waals surface area contributed by atoms with Crippen LogP contribution in [-0.4, -0.2) is 23.7 Å². The Hall–Kier alpha value is -5.54. The fourth-order valence-corrected chi connectivity index (χ4v) is 4.81. The predicted octanol–water partition coefficient (Wildman–Crippen LogP) is 8.15. The minimum absolute atomic E-state index is 0.0163. The van der Waals surface area contributed by atoms with Gasteiger partial charge >= 0.3 is 0 Å². The van der Waals surface area contributed by atoms with Crippen molar-refractivity contribution in [1.82, 2.24) is 4.57 Å². The fraction of sp³-hybridized carbons (Fsp3) is 0.111. The lowest BCUT2D eigenvalue weighted by Gasteiger charge is -2.16. The minimum atomic E-state index is -0.500. The third-order valence-corrected chi connectivity index (χ3v) is 6.62. The van der Waals surface area contributed by atoms with Crippen molar-refractivity contribution in [3.8, 4) is 45.8 Å². The summed E-state index contributed by atoms with van der Waals surface area (Å²) in [7, 11) is 0. The van der Waals surface area contributed by atoms with Crippen molar-refractivity contribution >= 4 is 17.7 Å². The smallest absolute Gasteiger partial charge is 0.266 e. The van der Waals surface area contributed by atoms with E-state index in [1.807, 2.05) is 111 Å². The van der Waals surface area contributed by atoms with Crippen LogP contribution in [0.15, 0.2) is 121 Å². The van der Waals surface area contributed by atoms with Crippen LogP contribution in [0.3, 0.4) is 0 Å². The molecule has 5 aromatic rings. The van der Waals surface area contributed by atoms with Crippen LogP contribution < -0.4 is 14.8 Å². The van der Waals surface area contributed by atoms with Crippen molar-refractivity contribution in [2.75, 3.05) is 18.5 Å². The molecule has 1 amide bonds. The Morgan fingerprint density at radius 3 is 2.07 bits per heavy atom. The van der Waals surface area contributed by atoms with E-state index in [0.717, 1.165) is 39.5 Å². The molecule has 1 N–H and O–H groups in total. The van der Waals surface area contributed by atoms with Crippen LogP contribution in [0.2, 0.25) is 0 Å². The number of benzene rings is 4. The molecule has 0 aliphatic carbocycles. The number of nitrogens with zero attached hydrogens (tertiary/aromatic N) is 2. The molecule has 0 aliphatic heterocycles. The number of amides is 1. The van der Waals surface area contributed by atoms with Crippen molar-refractivity contribution in [3.63, 3.8) is 0 Å². The van der Waals surface area contributed by atoms with E-state index in [1.54, 1.807) is 24.3 Å². The highest BCUT2D eigenvalue weighted by molar-refractivity contribution is 6.10. The largest absolute Gasteiger partial charge is 0.494 e. The van der Waals surface area contributed by atoms with Gasteiger partial charge in [-0.3, -0.25) is 4.79 Å². The fourth-order valence-electron chi connectivity index (χ4n) is 4.81. The third kappa shape index (κ3) is 6.27. The molecule has 42 heavy (non-hydrogen) atoms. The first-order valence-electron chi connectivity index (χ1n) is 13.9. The Morgan fingerprint density at radius 2 is 1.43 bits per heavy atom. The zero-order valence-corrected chi connectivity index (χ0v) is 23.6. The molecular weight excluding hydrogens is 522 g/mol. The lowest BCUT2D eigenvalue weighted by molar-refractivity contribution is -0.112. The predicted molar refractivity (Wildman–Crippen MR) is 168 cm³/mol. The Morgan fingerprint density at radius 1 is 0.786 bits per heavy atom. The molecule has 0 aliphatic rings. The lowest BCUT2D eigenvalue weighted by atomic mass is 10.0. The maximum atomic E-state index is 13.3. The molecule has 5 rings (SSSR count). The van der Waals surface area contributed by atoms with Crippen LogP contribution in [0.5, 0.6) is 11.5 Å². The van der Waals surface area contributed by atoms with E-state index in [2.05, 4.69) is 16.0 Å². The summed E-state index contributed by atoms with van der Waals surface area (Å²) in [5.41, 5.74) is 5.92. The molecule has 6 heteroatoms. The van der Waals surface area contributed by atoms with Gasteiger partial charge in [-0.2, -0.15) is 5.26 Å². The first kappa shape index (κ1) is 28.0. The number of hydrogen-bond acceptors (Lipinski definition) is 4. The summed E-state index contributed by atoms with van der Waals surface area (Å²) in [6.45, 7) is 4.95. The maximum Gasteiger partial charge on any atom is 0.266 e. The Labute approximate surface area is 246 Å². The number of anilines is 1. The highest BCUT2D eigenvalue weighted by atomic mass is 16.5. The van der Waals surface area contributed by atoms with Gasteiger partial charge in [-0.25, -0.2) is 0 Å². The summed E-state index contributed by atoms with van der Waals surface area (Å²) in [5, 5.41) is 12.9. The van der Waals surface area contributed by atoms with Crippen molar-refractivity contribution in [1.29, 1.82) is 5.26 Å². The van der Waals surface area contributed by atoms with Gasteiger partial charge in [-0.1, -0.05) is 66.7 Å². The maximum absolute atomic E-state index is 13.3. The molecule has 4 aromatic carbocycles. The van der Waals surface area contributed by atoms with Crippen LogP contribution in [0, 0.1) is 11.3 Å². The Kier molecular flexibility index (Phi) is 8.81. The monoisotopic (exact) mass is 553 g/mol. The number of ether oxygens (including phenoxy) is 2. The van der Waals surface area contributed by atoms with E-state index in [0.29, 0.717) is 24.7 Å². The van der Waals surface area contributed by atoms with Crippen molar-refractivity contribution in [2.45, 2.75) is 13.8 Å². The lowest BCUT2D eigenvalue weighted by Crippen LogP contribution is -2.13. The van der Waals surface area contributed by atoms with E-state index in [9.17, 15) is 10.1 Å². The van der Waals surface area contributed by atoms with Gasteiger partial charge < -0.3 is 19.4 Å². The van der Waals surface area contributed by atoms with Gasteiger partial charge in [0.05, 0.1) is 24.6 Å². The molecule has 0 radical (unpaired) electrons. The van der Waals surface area contributed by atoms with Gasteiger partial charge in [0.2, 0.25) is 0 Å². The van der Waals surface area contributed by atoms with Crippen LogP contribution >= 0.6 is 0 Å². The quantitative estimate of drug-likeness (QED) is 0.140. The number of aromatic nitrogens is 1. The summed E-state index contributed by atoms with van der Waals surface area (Å²) < 4.78 is 13.4. The van der Waals surface area contributed by atoms with Gasteiger partial charge in [0.25, 0.3) is 5.91 Å². The van der Waals surface area contributed by atoms with E-state index in [4.69, 9.17) is 9.47 Å². The molecular formula is C36H31N3O3. The van der Waals surface area contributed by atoms with E-state index < -0.39 is 5.91 Å². The molecule has 0 saturated carbocycles. The number of carbonyl (C=O) groups is 1. The van der Waals surface area contributed by atoms with Gasteiger partial charge in [-0.05, 0) is 73.5 Å². The summed E-state index contributed by atoms with van der Waals surface area (Å²) in [6, 6.07) is 39.2. The second-order valence-electron chi connectivity index (χ2n) is 9.41. The average Bonchev–Trinajstić information content (AvgIpc) is 3.40. The first-order chi connectivity index (χ1) is 20.6. The van der Waals surface area contributed by atoms with Crippen molar-refractivity contribution < 1.29 is 14.3 Å². The number of nitriles is 1. The number of rotatable bonds is 10. The summed E-state index contributed by atoms with van der Waals surface area (Å²) in [4.78, 5) is 13.3. The standard InChI is InChI=1S/C36H31N3O3/c1-3-41-32-20-18-31(19-21-32)39-34(26-12-7-5-8-13-26)23-28(35(39)27-14-9-6-10-15-27)22-29(25-37)36(40)38-30-16-11-17-33(24-30)42-4-2/h5-24H,3-4H2,1-2H3,(H,38,40)/b29-22+. The molecule has 0 fully saturated rings. The summed E-state index contributed by atoms with van der Waals surface area (Å²) in [6.07, 6.45) is 1.65. The van der Waals surface area contributed by atoms with Gasteiger partial charge in [0, 0.05) is 23.0 Å². The van der Waals surface area contributed by atoms with Gasteiger partial charge in [-0.15, -0.1) is 0 Å². The highest BCUT2D eigenvalue weighted by Crippen LogP contribution is 2.37. The average molecular weight is 554 g/mol. The van der Waals surface area contributed by atoms with Crippen molar-refractivity contribution in [3.05, 3.63) is 126 Å². The molecule has 1 heterocycles. The van der Waals surface area contributed by atoms with Crippen molar-refractivity contribution in [2.24, 2.45) is 0 Å². The first-order valence-corrected chi connectivity index (χ1v) is 13.9. The van der Waals surface area contributed by atoms with Crippen LogP contribution in [0.4, 0.5) is 5.69 Å².